The number of rotatable bonds is 6. The first-order chi connectivity index (χ1) is 13.0. The molecule has 0 bridgehead atoms. The fourth-order valence-electron chi connectivity index (χ4n) is 2.54. The molecule has 1 heterocycles. The quantitative estimate of drug-likeness (QED) is 0.521. The third-order valence-corrected chi connectivity index (χ3v) is 5.27. The maximum atomic E-state index is 12.3. The van der Waals surface area contributed by atoms with Crippen LogP contribution in [-0.4, -0.2) is 21.9 Å². The highest BCUT2D eigenvalue weighted by Gasteiger charge is 2.15. The van der Waals surface area contributed by atoms with Gasteiger partial charge in [0.15, 0.2) is 0 Å². The van der Waals surface area contributed by atoms with E-state index >= 15 is 0 Å². The van der Waals surface area contributed by atoms with E-state index < -0.39 is 0 Å². The second kappa shape index (κ2) is 8.78. The van der Waals surface area contributed by atoms with Gasteiger partial charge in [-0.25, -0.2) is 0 Å². The number of nitrogens with one attached hydrogen (secondary N) is 1. The number of aryl methyl sites for hydroxylation is 2. The van der Waals surface area contributed by atoms with Crippen LogP contribution < -0.4 is 5.32 Å². The van der Waals surface area contributed by atoms with Crippen molar-refractivity contribution in [3.8, 4) is 11.5 Å². The monoisotopic (exact) mass is 421 g/mol. The van der Waals surface area contributed by atoms with Gasteiger partial charge < -0.3 is 9.73 Å². The summed E-state index contributed by atoms with van der Waals surface area (Å²) in [4.78, 5) is 12.3. The summed E-state index contributed by atoms with van der Waals surface area (Å²) in [7, 11) is 0. The predicted molar refractivity (Wildman–Crippen MR) is 110 cm³/mol. The lowest BCUT2D eigenvalue weighted by Crippen LogP contribution is -2.16. The zero-order valence-corrected chi connectivity index (χ0v) is 17.1. The minimum atomic E-state index is -0.131. The number of amides is 1. The summed E-state index contributed by atoms with van der Waals surface area (Å²) >= 11 is 13.2. The van der Waals surface area contributed by atoms with Crippen LogP contribution in [0.5, 0.6) is 0 Å². The van der Waals surface area contributed by atoms with Crippen molar-refractivity contribution in [3.05, 3.63) is 57.6 Å². The zero-order valence-electron chi connectivity index (χ0n) is 14.8. The molecule has 3 aromatic rings. The first kappa shape index (κ1) is 19.7. The lowest BCUT2D eigenvalue weighted by atomic mass is 10.1. The van der Waals surface area contributed by atoms with Crippen LogP contribution in [0.2, 0.25) is 10.0 Å². The minimum absolute atomic E-state index is 0.131. The molecular formula is C19H17Cl2N3O2S. The maximum absolute atomic E-state index is 12.3. The third kappa shape index (κ3) is 4.83. The highest BCUT2D eigenvalue weighted by Crippen LogP contribution is 2.31. The summed E-state index contributed by atoms with van der Waals surface area (Å²) in [6, 6.07) is 11.0. The Kier molecular flexibility index (Phi) is 6.42. The van der Waals surface area contributed by atoms with Gasteiger partial charge in [-0.05, 0) is 42.7 Å². The number of halogens is 2. The van der Waals surface area contributed by atoms with Gasteiger partial charge in [0.1, 0.15) is 0 Å². The molecule has 140 valence electrons. The van der Waals surface area contributed by atoms with Crippen LogP contribution in [0, 0.1) is 6.92 Å². The molecule has 2 aromatic carbocycles. The van der Waals surface area contributed by atoms with Crippen molar-refractivity contribution in [2.24, 2.45) is 0 Å². The van der Waals surface area contributed by atoms with Crippen LogP contribution in [-0.2, 0) is 11.2 Å². The summed E-state index contributed by atoms with van der Waals surface area (Å²) in [5.41, 5.74) is 3.60. The molecule has 1 N–H and O–H groups in total. The van der Waals surface area contributed by atoms with E-state index in [0.29, 0.717) is 20.8 Å². The van der Waals surface area contributed by atoms with Crippen LogP contribution in [0.25, 0.3) is 11.5 Å². The molecule has 1 aromatic heterocycles. The second-order valence-corrected chi connectivity index (χ2v) is 7.57. The molecule has 0 saturated heterocycles. The van der Waals surface area contributed by atoms with Gasteiger partial charge in [0, 0.05) is 10.7 Å². The molecular weight excluding hydrogens is 405 g/mol. The van der Waals surface area contributed by atoms with Crippen LogP contribution in [0.1, 0.15) is 18.1 Å². The number of aromatic nitrogens is 2. The number of benzene rings is 2. The van der Waals surface area contributed by atoms with E-state index in [2.05, 4.69) is 22.4 Å². The van der Waals surface area contributed by atoms with Crippen molar-refractivity contribution in [1.29, 1.82) is 0 Å². The van der Waals surface area contributed by atoms with Crippen molar-refractivity contribution in [3.63, 3.8) is 0 Å². The lowest BCUT2D eigenvalue weighted by molar-refractivity contribution is -0.113. The fraction of sp³-hybridized carbons (Fsp3) is 0.211. The normalized spacial score (nSPS) is 10.8. The summed E-state index contributed by atoms with van der Waals surface area (Å²) in [6.07, 6.45) is 0.847. The van der Waals surface area contributed by atoms with Gasteiger partial charge in [-0.3, -0.25) is 4.79 Å². The minimum Gasteiger partial charge on any atom is -0.411 e. The van der Waals surface area contributed by atoms with Crippen molar-refractivity contribution in [1.82, 2.24) is 10.2 Å². The van der Waals surface area contributed by atoms with Gasteiger partial charge in [0.2, 0.25) is 11.8 Å². The Morgan fingerprint density at radius 2 is 2.04 bits per heavy atom. The average Bonchev–Trinajstić information content (AvgIpc) is 3.10. The average molecular weight is 422 g/mol. The van der Waals surface area contributed by atoms with Crippen LogP contribution in [0.3, 0.4) is 0 Å². The molecule has 0 saturated carbocycles. The summed E-state index contributed by atoms with van der Waals surface area (Å²) in [5.74, 6) is 0.313. The Balaban J connectivity index is 1.64. The van der Waals surface area contributed by atoms with Crippen molar-refractivity contribution in [2.45, 2.75) is 25.5 Å². The van der Waals surface area contributed by atoms with Gasteiger partial charge >= 0.3 is 0 Å². The SMILES string of the molecule is CCc1cccc(C)c1NC(=O)CSc1nnc(-c2ccc(Cl)cc2Cl)o1. The van der Waals surface area contributed by atoms with E-state index in [9.17, 15) is 4.79 Å². The highest BCUT2D eigenvalue weighted by atomic mass is 35.5. The standard InChI is InChI=1S/C19H17Cl2N3O2S/c1-3-12-6-4-5-11(2)17(12)22-16(25)10-27-19-24-23-18(26-19)14-8-7-13(20)9-15(14)21/h4-9H,3,10H2,1-2H3,(H,22,25). The fourth-order valence-corrected chi connectivity index (χ4v) is 3.60. The number of nitrogens with zero attached hydrogens (tertiary/aromatic N) is 2. The molecule has 5 nitrogen and oxygen atoms in total. The van der Waals surface area contributed by atoms with Crippen molar-refractivity contribution in [2.75, 3.05) is 11.1 Å². The first-order valence-corrected chi connectivity index (χ1v) is 10.0. The van der Waals surface area contributed by atoms with Gasteiger partial charge in [-0.15, -0.1) is 10.2 Å². The summed E-state index contributed by atoms with van der Waals surface area (Å²) in [5, 5.41) is 12.2. The number of carbonyl (C=O) groups is 1. The van der Waals surface area contributed by atoms with Crippen LogP contribution in [0.15, 0.2) is 46.0 Å². The zero-order chi connectivity index (χ0) is 19.4. The Bertz CT molecular complexity index is 975. The van der Waals surface area contributed by atoms with Gasteiger partial charge in [0.25, 0.3) is 5.22 Å². The summed E-state index contributed by atoms with van der Waals surface area (Å²) < 4.78 is 5.59. The Morgan fingerprint density at radius 1 is 1.22 bits per heavy atom. The lowest BCUT2D eigenvalue weighted by Gasteiger charge is -2.12. The molecule has 0 aliphatic rings. The molecule has 0 aliphatic heterocycles. The smallest absolute Gasteiger partial charge is 0.277 e. The van der Waals surface area contributed by atoms with E-state index in [1.807, 2.05) is 25.1 Å². The summed E-state index contributed by atoms with van der Waals surface area (Å²) in [6.45, 7) is 4.03. The number of carbonyl (C=O) groups excluding carboxylic acids is 1. The number of para-hydroxylation sites is 1. The van der Waals surface area contributed by atoms with Gasteiger partial charge in [0.05, 0.1) is 16.3 Å². The maximum Gasteiger partial charge on any atom is 0.277 e. The molecule has 0 spiro atoms. The number of thioether (sulfide) groups is 1. The molecule has 0 unspecified atom stereocenters. The van der Waals surface area contributed by atoms with E-state index in [0.717, 1.165) is 23.2 Å². The Labute approximate surface area is 171 Å². The van der Waals surface area contributed by atoms with E-state index in [-0.39, 0.29) is 17.6 Å². The van der Waals surface area contributed by atoms with Crippen LogP contribution >= 0.6 is 35.0 Å². The Hall–Kier alpha value is -2.02. The number of anilines is 1. The molecule has 0 fully saturated rings. The van der Waals surface area contributed by atoms with Crippen molar-refractivity contribution < 1.29 is 9.21 Å². The number of hydrogen-bond acceptors (Lipinski definition) is 5. The second-order valence-electron chi connectivity index (χ2n) is 5.80. The topological polar surface area (TPSA) is 68.0 Å². The molecule has 3 rings (SSSR count). The largest absolute Gasteiger partial charge is 0.411 e. The van der Waals surface area contributed by atoms with E-state index in [1.54, 1.807) is 18.2 Å². The molecule has 0 aliphatic carbocycles. The molecule has 8 heteroatoms. The molecule has 27 heavy (non-hydrogen) atoms. The van der Waals surface area contributed by atoms with Gasteiger partial charge in [-0.1, -0.05) is 60.1 Å². The first-order valence-electron chi connectivity index (χ1n) is 8.28. The number of hydrogen-bond donors (Lipinski definition) is 1. The molecule has 0 atom stereocenters. The van der Waals surface area contributed by atoms with Gasteiger partial charge in [-0.2, -0.15) is 0 Å². The Morgan fingerprint density at radius 3 is 2.78 bits per heavy atom. The van der Waals surface area contributed by atoms with Crippen molar-refractivity contribution >= 4 is 46.6 Å². The van der Waals surface area contributed by atoms with E-state index in [1.165, 1.54) is 11.8 Å². The predicted octanol–water partition coefficient (Wildman–Crippen LogP) is 5.65. The highest BCUT2D eigenvalue weighted by molar-refractivity contribution is 7.99. The third-order valence-electron chi connectivity index (χ3n) is 3.90. The molecule has 1 amide bonds. The van der Waals surface area contributed by atoms with Crippen LogP contribution in [0.4, 0.5) is 5.69 Å². The van der Waals surface area contributed by atoms with E-state index in [4.69, 9.17) is 27.6 Å². The molecule has 0 radical (unpaired) electrons.